The van der Waals surface area contributed by atoms with Crippen molar-refractivity contribution in [3.8, 4) is 0 Å². The van der Waals surface area contributed by atoms with Gasteiger partial charge in [-0.3, -0.25) is 0 Å². The monoisotopic (exact) mass is 293 g/mol. The molecule has 0 fully saturated rings. The lowest BCUT2D eigenvalue weighted by atomic mass is 10.1. The third kappa shape index (κ3) is 2.98. The first kappa shape index (κ1) is 14.6. The molecule has 22 heavy (non-hydrogen) atoms. The standard InChI is InChI=1S/C19H23N3/c1-13(2)12-22-18-9-4-14(3)10-17(18)21-19(22)11-15-5-7-16(20)8-6-15/h4-10,13H,11-12,20H2,1-3H3. The Balaban J connectivity index is 2.04. The van der Waals surface area contributed by atoms with E-state index in [0.717, 1.165) is 30.0 Å². The number of aryl methyl sites for hydroxylation is 1. The maximum absolute atomic E-state index is 5.77. The van der Waals surface area contributed by atoms with Gasteiger partial charge in [-0.1, -0.05) is 32.0 Å². The molecule has 3 aromatic rings. The van der Waals surface area contributed by atoms with E-state index in [-0.39, 0.29) is 0 Å². The van der Waals surface area contributed by atoms with Crippen LogP contribution in [0.15, 0.2) is 42.5 Å². The van der Waals surface area contributed by atoms with Crippen LogP contribution in [0.2, 0.25) is 0 Å². The van der Waals surface area contributed by atoms with E-state index in [1.807, 2.05) is 12.1 Å². The summed E-state index contributed by atoms with van der Waals surface area (Å²) >= 11 is 0. The van der Waals surface area contributed by atoms with Crippen molar-refractivity contribution < 1.29 is 0 Å². The highest BCUT2D eigenvalue weighted by atomic mass is 15.1. The maximum atomic E-state index is 5.77. The summed E-state index contributed by atoms with van der Waals surface area (Å²) in [5.74, 6) is 1.71. The fourth-order valence-corrected chi connectivity index (χ4v) is 2.81. The summed E-state index contributed by atoms with van der Waals surface area (Å²) in [6, 6.07) is 14.6. The number of nitrogens with two attached hydrogens (primary N) is 1. The highest BCUT2D eigenvalue weighted by molar-refractivity contribution is 5.77. The summed E-state index contributed by atoms with van der Waals surface area (Å²) in [6.07, 6.45) is 0.834. The molecule has 2 N–H and O–H groups in total. The second-order valence-electron chi connectivity index (χ2n) is 6.44. The molecule has 0 aliphatic rings. The number of hydrogen-bond acceptors (Lipinski definition) is 2. The van der Waals surface area contributed by atoms with Gasteiger partial charge in [-0.15, -0.1) is 0 Å². The summed E-state index contributed by atoms with van der Waals surface area (Å²) in [5.41, 5.74) is 11.4. The molecule has 0 saturated heterocycles. The minimum absolute atomic E-state index is 0.587. The van der Waals surface area contributed by atoms with Gasteiger partial charge in [-0.05, 0) is 48.2 Å². The molecule has 0 atom stereocenters. The zero-order chi connectivity index (χ0) is 15.7. The molecule has 0 unspecified atom stereocenters. The van der Waals surface area contributed by atoms with Crippen LogP contribution in [-0.2, 0) is 13.0 Å². The quantitative estimate of drug-likeness (QED) is 0.734. The first-order valence-corrected chi connectivity index (χ1v) is 7.83. The lowest BCUT2D eigenvalue weighted by molar-refractivity contribution is 0.520. The average Bonchev–Trinajstić information content (AvgIpc) is 2.78. The largest absolute Gasteiger partial charge is 0.399 e. The van der Waals surface area contributed by atoms with E-state index in [4.69, 9.17) is 10.7 Å². The molecule has 0 aliphatic carbocycles. The number of fused-ring (bicyclic) bond motifs is 1. The SMILES string of the molecule is Cc1ccc2c(c1)nc(Cc1ccc(N)cc1)n2CC(C)C. The van der Waals surface area contributed by atoms with Crippen LogP contribution in [0.1, 0.15) is 30.8 Å². The first-order chi connectivity index (χ1) is 10.5. The Kier molecular flexibility index (Phi) is 3.88. The van der Waals surface area contributed by atoms with Gasteiger partial charge in [-0.2, -0.15) is 0 Å². The Bertz CT molecular complexity index is 782. The van der Waals surface area contributed by atoms with Crippen LogP contribution in [0.25, 0.3) is 11.0 Å². The van der Waals surface area contributed by atoms with Crippen molar-refractivity contribution in [2.75, 3.05) is 5.73 Å². The third-order valence-corrected chi connectivity index (χ3v) is 3.87. The van der Waals surface area contributed by atoms with E-state index >= 15 is 0 Å². The Hall–Kier alpha value is -2.29. The number of aromatic nitrogens is 2. The second-order valence-corrected chi connectivity index (χ2v) is 6.44. The highest BCUT2D eigenvalue weighted by Gasteiger charge is 2.12. The molecule has 3 heteroatoms. The molecule has 114 valence electrons. The summed E-state index contributed by atoms with van der Waals surface area (Å²) in [5, 5.41) is 0. The number of anilines is 1. The summed E-state index contributed by atoms with van der Waals surface area (Å²) in [7, 11) is 0. The van der Waals surface area contributed by atoms with E-state index in [1.54, 1.807) is 0 Å². The van der Waals surface area contributed by atoms with E-state index in [9.17, 15) is 0 Å². The minimum Gasteiger partial charge on any atom is -0.399 e. The zero-order valence-corrected chi connectivity index (χ0v) is 13.5. The van der Waals surface area contributed by atoms with Crippen molar-refractivity contribution in [1.82, 2.24) is 9.55 Å². The lowest BCUT2D eigenvalue weighted by Crippen LogP contribution is -2.09. The van der Waals surface area contributed by atoms with Crippen LogP contribution < -0.4 is 5.73 Å². The van der Waals surface area contributed by atoms with E-state index in [2.05, 4.69) is 55.7 Å². The Morgan fingerprint density at radius 1 is 1.09 bits per heavy atom. The van der Waals surface area contributed by atoms with Gasteiger partial charge in [0, 0.05) is 18.7 Å². The van der Waals surface area contributed by atoms with Gasteiger partial charge in [0.15, 0.2) is 0 Å². The van der Waals surface area contributed by atoms with Crippen molar-refractivity contribution in [2.45, 2.75) is 33.7 Å². The average molecular weight is 293 g/mol. The van der Waals surface area contributed by atoms with Gasteiger partial charge in [-0.25, -0.2) is 4.98 Å². The number of nitrogens with zero attached hydrogens (tertiary/aromatic N) is 2. The predicted octanol–water partition coefficient (Wildman–Crippen LogP) is 4.17. The van der Waals surface area contributed by atoms with Gasteiger partial charge in [0.2, 0.25) is 0 Å². The van der Waals surface area contributed by atoms with Crippen molar-refractivity contribution in [3.05, 3.63) is 59.4 Å². The van der Waals surface area contributed by atoms with E-state index in [0.29, 0.717) is 5.92 Å². The first-order valence-electron chi connectivity index (χ1n) is 7.83. The number of imidazole rings is 1. The molecule has 0 bridgehead atoms. The number of rotatable bonds is 4. The van der Waals surface area contributed by atoms with Gasteiger partial charge < -0.3 is 10.3 Å². The Labute approximate surface area is 131 Å². The zero-order valence-electron chi connectivity index (χ0n) is 13.5. The fourth-order valence-electron chi connectivity index (χ4n) is 2.81. The maximum Gasteiger partial charge on any atom is 0.114 e. The smallest absolute Gasteiger partial charge is 0.114 e. The molecule has 0 saturated carbocycles. The van der Waals surface area contributed by atoms with E-state index in [1.165, 1.54) is 16.6 Å². The Morgan fingerprint density at radius 2 is 1.82 bits per heavy atom. The van der Waals surface area contributed by atoms with Gasteiger partial charge in [0.25, 0.3) is 0 Å². The number of benzene rings is 2. The molecular weight excluding hydrogens is 270 g/mol. The molecule has 0 aliphatic heterocycles. The van der Waals surface area contributed by atoms with Crippen molar-refractivity contribution in [1.29, 1.82) is 0 Å². The number of nitrogen functional groups attached to an aromatic ring is 1. The molecule has 3 nitrogen and oxygen atoms in total. The Morgan fingerprint density at radius 3 is 2.50 bits per heavy atom. The van der Waals surface area contributed by atoms with E-state index < -0.39 is 0 Å². The highest BCUT2D eigenvalue weighted by Crippen LogP contribution is 2.21. The van der Waals surface area contributed by atoms with Crippen molar-refractivity contribution >= 4 is 16.7 Å². The summed E-state index contributed by atoms with van der Waals surface area (Å²) < 4.78 is 2.36. The molecule has 1 heterocycles. The van der Waals surface area contributed by atoms with Crippen molar-refractivity contribution in [2.24, 2.45) is 5.92 Å². The van der Waals surface area contributed by atoms with Crippen LogP contribution in [0.4, 0.5) is 5.69 Å². The summed E-state index contributed by atoms with van der Waals surface area (Å²) in [6.45, 7) is 7.59. The fraction of sp³-hybridized carbons (Fsp3) is 0.316. The van der Waals surface area contributed by atoms with Gasteiger partial charge in [0.1, 0.15) is 5.82 Å². The molecule has 0 amide bonds. The third-order valence-electron chi connectivity index (χ3n) is 3.87. The van der Waals surface area contributed by atoms with Crippen LogP contribution >= 0.6 is 0 Å². The molecule has 3 rings (SSSR count). The van der Waals surface area contributed by atoms with Crippen LogP contribution in [-0.4, -0.2) is 9.55 Å². The molecule has 0 radical (unpaired) electrons. The molecule has 1 aromatic heterocycles. The molecule has 0 spiro atoms. The van der Waals surface area contributed by atoms with Crippen LogP contribution in [0.5, 0.6) is 0 Å². The molecule has 2 aromatic carbocycles. The second kappa shape index (κ2) is 5.84. The summed E-state index contributed by atoms with van der Waals surface area (Å²) in [4.78, 5) is 4.88. The topological polar surface area (TPSA) is 43.8 Å². The van der Waals surface area contributed by atoms with Gasteiger partial charge in [0.05, 0.1) is 11.0 Å². The molecular formula is C19H23N3. The predicted molar refractivity (Wildman–Crippen MR) is 93.0 cm³/mol. The minimum atomic E-state index is 0.587. The van der Waals surface area contributed by atoms with Crippen molar-refractivity contribution in [3.63, 3.8) is 0 Å². The van der Waals surface area contributed by atoms with Gasteiger partial charge >= 0.3 is 0 Å². The normalized spacial score (nSPS) is 11.5. The number of hydrogen-bond donors (Lipinski definition) is 1. The van der Waals surface area contributed by atoms with Crippen LogP contribution in [0.3, 0.4) is 0 Å². The lowest BCUT2D eigenvalue weighted by Gasteiger charge is -2.12. The van der Waals surface area contributed by atoms with Crippen LogP contribution in [0, 0.1) is 12.8 Å².